The van der Waals surface area contributed by atoms with Gasteiger partial charge in [-0.1, -0.05) is 13.8 Å². The molecule has 0 fully saturated rings. The fourth-order valence-electron chi connectivity index (χ4n) is 0.649. The van der Waals surface area contributed by atoms with Crippen LogP contribution in [0.3, 0.4) is 0 Å². The van der Waals surface area contributed by atoms with E-state index in [0.717, 1.165) is 6.54 Å². The summed E-state index contributed by atoms with van der Waals surface area (Å²) in [6.45, 7) is 5.53. The summed E-state index contributed by atoms with van der Waals surface area (Å²) in [5.41, 5.74) is 5.31. The Morgan fingerprint density at radius 3 is 2.33 bits per heavy atom. The summed E-state index contributed by atoms with van der Waals surface area (Å²) in [5.74, 6) is 0.579. The molecular formula is C6H15N3. The van der Waals surface area contributed by atoms with Crippen molar-refractivity contribution in [2.45, 2.75) is 13.8 Å². The molecule has 0 aromatic heterocycles. The first-order valence-corrected chi connectivity index (χ1v) is 3.15. The van der Waals surface area contributed by atoms with E-state index in [4.69, 9.17) is 11.1 Å². The summed E-state index contributed by atoms with van der Waals surface area (Å²) in [6.07, 6.45) is 1.28. The van der Waals surface area contributed by atoms with E-state index in [-0.39, 0.29) is 0 Å². The lowest BCUT2D eigenvalue weighted by Gasteiger charge is -2.17. The molecule has 0 aromatic carbocycles. The number of hydrogen-bond donors (Lipinski definition) is 2. The molecule has 0 spiro atoms. The van der Waals surface area contributed by atoms with E-state index in [9.17, 15) is 0 Å². The highest BCUT2D eigenvalue weighted by Gasteiger charge is 1.97. The van der Waals surface area contributed by atoms with Crippen LogP contribution in [0.1, 0.15) is 13.8 Å². The third kappa shape index (κ3) is 3.97. The van der Waals surface area contributed by atoms with Gasteiger partial charge in [-0.15, -0.1) is 0 Å². The van der Waals surface area contributed by atoms with Crippen molar-refractivity contribution in [2.24, 2.45) is 11.7 Å². The van der Waals surface area contributed by atoms with Gasteiger partial charge in [0.15, 0.2) is 0 Å². The van der Waals surface area contributed by atoms with Gasteiger partial charge in [-0.25, -0.2) is 0 Å². The van der Waals surface area contributed by atoms with Crippen LogP contribution in [0.2, 0.25) is 0 Å². The fraction of sp³-hybridized carbons (Fsp3) is 0.833. The van der Waals surface area contributed by atoms with E-state index < -0.39 is 0 Å². The van der Waals surface area contributed by atoms with Crippen molar-refractivity contribution in [3.05, 3.63) is 0 Å². The maximum atomic E-state index is 6.87. The van der Waals surface area contributed by atoms with Crippen LogP contribution in [0.15, 0.2) is 0 Å². The lowest BCUT2D eigenvalue weighted by molar-refractivity contribution is 0.382. The first-order valence-electron chi connectivity index (χ1n) is 3.15. The van der Waals surface area contributed by atoms with Gasteiger partial charge in [0.05, 0.1) is 13.0 Å². The average molecular weight is 129 g/mol. The highest BCUT2D eigenvalue weighted by molar-refractivity contribution is 5.50. The van der Waals surface area contributed by atoms with Crippen LogP contribution < -0.4 is 5.73 Å². The maximum absolute atomic E-state index is 6.87. The standard InChI is InChI=1S/C6H15N3/c1-6(2)3-9(4-7)5-8/h4,6-7H,3,5,8H2,1-2H3. The third-order valence-electron chi connectivity index (χ3n) is 1.02. The predicted molar refractivity (Wildman–Crippen MR) is 39.4 cm³/mol. The third-order valence-corrected chi connectivity index (χ3v) is 1.02. The molecule has 54 valence electrons. The summed E-state index contributed by atoms with van der Waals surface area (Å²) in [4.78, 5) is 1.77. The number of rotatable bonds is 4. The van der Waals surface area contributed by atoms with E-state index in [1.807, 2.05) is 0 Å². The average Bonchev–Trinajstić information content (AvgIpc) is 1.82. The molecule has 0 aliphatic heterocycles. The normalized spacial score (nSPS) is 9.78. The van der Waals surface area contributed by atoms with Crippen LogP contribution in [0.4, 0.5) is 0 Å². The van der Waals surface area contributed by atoms with Gasteiger partial charge in [-0.05, 0) is 5.92 Å². The second-order valence-electron chi connectivity index (χ2n) is 2.48. The Morgan fingerprint density at radius 1 is 1.67 bits per heavy atom. The molecule has 0 aliphatic rings. The molecule has 0 unspecified atom stereocenters. The Hall–Kier alpha value is -0.570. The maximum Gasteiger partial charge on any atom is 0.0827 e. The SMILES string of the molecule is CC(C)CN(C=N)CN. The largest absolute Gasteiger partial charge is 0.350 e. The van der Waals surface area contributed by atoms with Crippen LogP contribution in [-0.2, 0) is 0 Å². The number of hydrogen-bond acceptors (Lipinski definition) is 2. The minimum atomic E-state index is 0.446. The van der Waals surface area contributed by atoms with E-state index >= 15 is 0 Å². The zero-order valence-corrected chi connectivity index (χ0v) is 6.09. The van der Waals surface area contributed by atoms with Gasteiger partial charge in [0, 0.05) is 6.54 Å². The molecule has 0 saturated carbocycles. The summed E-state index contributed by atoms with van der Waals surface area (Å²) in [7, 11) is 0. The van der Waals surface area contributed by atoms with E-state index in [1.165, 1.54) is 6.34 Å². The van der Waals surface area contributed by atoms with Crippen LogP contribution in [0.25, 0.3) is 0 Å². The zero-order valence-electron chi connectivity index (χ0n) is 6.09. The highest BCUT2D eigenvalue weighted by atomic mass is 15.2. The number of nitrogens with one attached hydrogen (secondary N) is 1. The summed E-state index contributed by atoms with van der Waals surface area (Å²) in [6, 6.07) is 0. The first-order chi connectivity index (χ1) is 4.20. The molecule has 9 heavy (non-hydrogen) atoms. The van der Waals surface area contributed by atoms with Crippen molar-refractivity contribution in [3.8, 4) is 0 Å². The first kappa shape index (κ1) is 8.43. The van der Waals surface area contributed by atoms with Crippen molar-refractivity contribution in [1.29, 1.82) is 5.41 Å². The van der Waals surface area contributed by atoms with E-state index in [1.54, 1.807) is 4.90 Å². The van der Waals surface area contributed by atoms with Gasteiger partial charge in [-0.2, -0.15) is 0 Å². The van der Waals surface area contributed by atoms with Crippen molar-refractivity contribution in [3.63, 3.8) is 0 Å². The fourth-order valence-corrected chi connectivity index (χ4v) is 0.649. The Morgan fingerprint density at radius 2 is 2.22 bits per heavy atom. The molecule has 0 heterocycles. The van der Waals surface area contributed by atoms with Gasteiger partial charge in [0.2, 0.25) is 0 Å². The number of nitrogens with zero attached hydrogens (tertiary/aromatic N) is 1. The highest BCUT2D eigenvalue weighted by Crippen LogP contribution is 1.92. The monoisotopic (exact) mass is 129 g/mol. The Bertz CT molecular complexity index is 80.4. The summed E-state index contributed by atoms with van der Waals surface area (Å²) >= 11 is 0. The van der Waals surface area contributed by atoms with Gasteiger partial charge in [0.1, 0.15) is 0 Å². The Kier molecular flexibility index (Phi) is 4.05. The summed E-state index contributed by atoms with van der Waals surface area (Å²) < 4.78 is 0. The van der Waals surface area contributed by atoms with Gasteiger partial charge >= 0.3 is 0 Å². The minimum Gasteiger partial charge on any atom is -0.350 e. The lowest BCUT2D eigenvalue weighted by Crippen LogP contribution is -2.31. The van der Waals surface area contributed by atoms with Crippen LogP contribution in [0.5, 0.6) is 0 Å². The Labute approximate surface area is 56.3 Å². The topological polar surface area (TPSA) is 53.1 Å². The van der Waals surface area contributed by atoms with Crippen LogP contribution >= 0.6 is 0 Å². The van der Waals surface area contributed by atoms with Crippen LogP contribution in [-0.4, -0.2) is 24.5 Å². The molecule has 3 heteroatoms. The molecule has 0 atom stereocenters. The molecule has 0 saturated heterocycles. The molecule has 3 nitrogen and oxygen atoms in total. The lowest BCUT2D eigenvalue weighted by atomic mass is 10.2. The smallest absolute Gasteiger partial charge is 0.0827 e. The number of nitrogens with two attached hydrogens (primary N) is 1. The molecule has 3 N–H and O–H groups in total. The molecule has 0 aliphatic carbocycles. The van der Waals surface area contributed by atoms with Crippen molar-refractivity contribution >= 4 is 6.34 Å². The van der Waals surface area contributed by atoms with Gasteiger partial charge < -0.3 is 10.6 Å². The van der Waals surface area contributed by atoms with Crippen molar-refractivity contribution in [1.82, 2.24) is 4.90 Å². The predicted octanol–water partition coefficient (Wildman–Crippen LogP) is 0.468. The quantitative estimate of drug-likeness (QED) is 0.329. The molecule has 0 rings (SSSR count). The Balaban J connectivity index is 3.42. The van der Waals surface area contributed by atoms with Gasteiger partial charge in [0.25, 0.3) is 0 Å². The van der Waals surface area contributed by atoms with E-state index in [2.05, 4.69) is 13.8 Å². The molecule has 0 radical (unpaired) electrons. The summed E-state index contributed by atoms with van der Waals surface area (Å²) in [5, 5.41) is 6.87. The molecule has 0 aromatic rings. The van der Waals surface area contributed by atoms with Crippen molar-refractivity contribution in [2.75, 3.05) is 13.2 Å². The second kappa shape index (κ2) is 4.32. The molecular weight excluding hydrogens is 114 g/mol. The minimum absolute atomic E-state index is 0.446. The van der Waals surface area contributed by atoms with Crippen LogP contribution in [0, 0.1) is 11.3 Å². The van der Waals surface area contributed by atoms with Gasteiger partial charge in [-0.3, -0.25) is 5.41 Å². The molecule has 0 bridgehead atoms. The van der Waals surface area contributed by atoms with Crippen molar-refractivity contribution < 1.29 is 0 Å². The zero-order chi connectivity index (χ0) is 7.28. The molecule has 0 amide bonds. The van der Waals surface area contributed by atoms with E-state index in [0.29, 0.717) is 12.6 Å². The second-order valence-corrected chi connectivity index (χ2v) is 2.48.